The molecule has 0 saturated carbocycles. The van der Waals surface area contributed by atoms with Crippen LogP contribution in [-0.2, 0) is 17.5 Å². The van der Waals surface area contributed by atoms with Gasteiger partial charge in [0.2, 0.25) is 0 Å². The number of thiazole rings is 1. The summed E-state index contributed by atoms with van der Waals surface area (Å²) in [5, 5.41) is 11.6. The average Bonchev–Trinajstić information content (AvgIpc) is 3.16. The molecule has 0 amide bonds. The molecule has 1 saturated heterocycles. The minimum absolute atomic E-state index is 0.439. The Kier molecular flexibility index (Phi) is 4.60. The fourth-order valence-corrected chi connectivity index (χ4v) is 3.63. The van der Waals surface area contributed by atoms with E-state index in [0.29, 0.717) is 30.1 Å². The molecule has 4 nitrogen and oxygen atoms in total. The van der Waals surface area contributed by atoms with Crippen molar-refractivity contribution in [1.82, 2.24) is 9.88 Å². The highest BCUT2D eigenvalue weighted by molar-refractivity contribution is 7.13. The molecule has 0 aliphatic carbocycles. The second-order valence-corrected chi connectivity index (χ2v) is 6.54. The first-order valence-electron chi connectivity index (χ1n) is 7.43. The van der Waals surface area contributed by atoms with Crippen molar-refractivity contribution in [2.24, 2.45) is 0 Å². The lowest BCUT2D eigenvalue weighted by molar-refractivity contribution is -0.142. The summed E-state index contributed by atoms with van der Waals surface area (Å²) in [5.74, 6) is -0.828. The van der Waals surface area contributed by atoms with Crippen LogP contribution < -0.4 is 0 Å². The first-order chi connectivity index (χ1) is 11.3. The maximum absolute atomic E-state index is 12.6. The van der Waals surface area contributed by atoms with Crippen molar-refractivity contribution in [3.05, 3.63) is 40.9 Å². The standard InChI is InChI=1S/C16H15F3N2O2S/c17-16(18,19)11-5-3-10(4-6-11)14-20-12(9-24-14)8-21-7-1-2-13(21)15(22)23/h3-6,9,13H,1-2,7-8H2,(H,22,23)/t13-/m1/s1. The van der Waals surface area contributed by atoms with Gasteiger partial charge in [-0.15, -0.1) is 11.3 Å². The molecule has 2 aromatic rings. The normalized spacial score (nSPS) is 18.9. The van der Waals surface area contributed by atoms with E-state index >= 15 is 0 Å². The van der Waals surface area contributed by atoms with Crippen molar-refractivity contribution >= 4 is 17.3 Å². The molecule has 128 valence electrons. The summed E-state index contributed by atoms with van der Waals surface area (Å²) in [6.45, 7) is 1.15. The summed E-state index contributed by atoms with van der Waals surface area (Å²) in [6, 6.07) is 4.40. The van der Waals surface area contributed by atoms with Crippen molar-refractivity contribution in [1.29, 1.82) is 0 Å². The highest BCUT2D eigenvalue weighted by Crippen LogP contribution is 2.32. The van der Waals surface area contributed by atoms with Crippen LogP contribution in [0.1, 0.15) is 24.1 Å². The molecule has 0 spiro atoms. The number of likely N-dealkylation sites (tertiary alicyclic amines) is 1. The van der Waals surface area contributed by atoms with Gasteiger partial charge in [-0.05, 0) is 31.5 Å². The molecule has 1 aliphatic heterocycles. The van der Waals surface area contributed by atoms with E-state index in [4.69, 9.17) is 0 Å². The number of hydrogen-bond acceptors (Lipinski definition) is 4. The van der Waals surface area contributed by atoms with Crippen LogP contribution in [0.25, 0.3) is 10.6 Å². The molecule has 3 rings (SSSR count). The highest BCUT2D eigenvalue weighted by Gasteiger charge is 2.31. The molecule has 1 aromatic heterocycles. The minimum atomic E-state index is -4.35. The van der Waals surface area contributed by atoms with E-state index in [-0.39, 0.29) is 0 Å². The Balaban J connectivity index is 1.72. The number of carbonyl (C=O) groups is 1. The molecular formula is C16H15F3N2O2S. The lowest BCUT2D eigenvalue weighted by Crippen LogP contribution is -2.35. The second-order valence-electron chi connectivity index (χ2n) is 5.69. The lowest BCUT2D eigenvalue weighted by atomic mass is 10.1. The third-order valence-electron chi connectivity index (χ3n) is 4.02. The summed E-state index contributed by atoms with van der Waals surface area (Å²) >= 11 is 1.34. The van der Waals surface area contributed by atoms with Gasteiger partial charge < -0.3 is 5.11 Å². The molecule has 2 heterocycles. The number of aliphatic carboxylic acids is 1. The van der Waals surface area contributed by atoms with E-state index in [2.05, 4.69) is 4.98 Å². The number of hydrogen-bond donors (Lipinski definition) is 1. The zero-order valence-corrected chi connectivity index (χ0v) is 13.4. The average molecular weight is 356 g/mol. The van der Waals surface area contributed by atoms with E-state index in [9.17, 15) is 23.1 Å². The first kappa shape index (κ1) is 16.9. The van der Waals surface area contributed by atoms with Gasteiger partial charge in [0, 0.05) is 17.5 Å². The third kappa shape index (κ3) is 3.59. The van der Waals surface area contributed by atoms with Gasteiger partial charge >= 0.3 is 12.1 Å². The van der Waals surface area contributed by atoms with Gasteiger partial charge in [0.15, 0.2) is 0 Å². The molecule has 0 bridgehead atoms. The number of benzene rings is 1. The summed E-state index contributed by atoms with van der Waals surface area (Å²) in [5.41, 5.74) is 0.669. The van der Waals surface area contributed by atoms with E-state index in [1.807, 2.05) is 10.3 Å². The van der Waals surface area contributed by atoms with Gasteiger partial charge in [0.25, 0.3) is 0 Å². The van der Waals surface area contributed by atoms with E-state index in [0.717, 1.165) is 24.2 Å². The number of nitrogens with zero attached hydrogens (tertiary/aromatic N) is 2. The molecule has 1 N–H and O–H groups in total. The fraction of sp³-hybridized carbons (Fsp3) is 0.375. The largest absolute Gasteiger partial charge is 0.480 e. The van der Waals surface area contributed by atoms with Crippen LogP contribution in [0.3, 0.4) is 0 Å². The van der Waals surface area contributed by atoms with Crippen LogP contribution in [0.2, 0.25) is 0 Å². The minimum Gasteiger partial charge on any atom is -0.480 e. The summed E-state index contributed by atoms with van der Waals surface area (Å²) in [6.07, 6.45) is -2.88. The predicted octanol–water partition coefficient (Wildman–Crippen LogP) is 3.88. The Labute approximate surface area is 140 Å². The molecule has 24 heavy (non-hydrogen) atoms. The zero-order valence-electron chi connectivity index (χ0n) is 12.6. The molecule has 1 aliphatic rings. The van der Waals surface area contributed by atoms with Crippen molar-refractivity contribution in [3.8, 4) is 10.6 Å². The monoisotopic (exact) mass is 356 g/mol. The summed E-state index contributed by atoms with van der Waals surface area (Å²) < 4.78 is 37.8. The number of rotatable bonds is 4. The highest BCUT2D eigenvalue weighted by atomic mass is 32.1. The Morgan fingerprint density at radius 1 is 1.33 bits per heavy atom. The van der Waals surface area contributed by atoms with Crippen LogP contribution in [0.5, 0.6) is 0 Å². The first-order valence-corrected chi connectivity index (χ1v) is 8.31. The fourth-order valence-electron chi connectivity index (χ4n) is 2.82. The van der Waals surface area contributed by atoms with Gasteiger partial charge in [-0.1, -0.05) is 12.1 Å². The molecule has 0 radical (unpaired) electrons. The molecule has 1 aromatic carbocycles. The smallest absolute Gasteiger partial charge is 0.416 e. The summed E-state index contributed by atoms with van der Waals surface area (Å²) in [7, 11) is 0. The van der Waals surface area contributed by atoms with E-state index in [1.165, 1.54) is 23.5 Å². The molecule has 1 fully saturated rings. The van der Waals surface area contributed by atoms with E-state index < -0.39 is 23.8 Å². The SMILES string of the molecule is O=C(O)[C@H]1CCCN1Cc1csc(-c2ccc(C(F)(F)F)cc2)n1. The molecular weight excluding hydrogens is 341 g/mol. The lowest BCUT2D eigenvalue weighted by Gasteiger charge is -2.19. The predicted molar refractivity (Wildman–Crippen MR) is 83.6 cm³/mol. The second kappa shape index (κ2) is 6.52. The Bertz CT molecular complexity index is 728. The third-order valence-corrected chi connectivity index (χ3v) is 4.96. The van der Waals surface area contributed by atoms with Gasteiger partial charge in [-0.3, -0.25) is 9.69 Å². The van der Waals surface area contributed by atoms with Crippen LogP contribution in [-0.4, -0.2) is 33.5 Å². The Morgan fingerprint density at radius 3 is 2.67 bits per heavy atom. The maximum atomic E-state index is 12.6. The molecule has 0 unspecified atom stereocenters. The summed E-state index contributed by atoms with van der Waals surface area (Å²) in [4.78, 5) is 17.5. The van der Waals surface area contributed by atoms with Crippen LogP contribution >= 0.6 is 11.3 Å². The van der Waals surface area contributed by atoms with Crippen molar-refractivity contribution in [2.75, 3.05) is 6.54 Å². The van der Waals surface area contributed by atoms with Gasteiger partial charge in [-0.2, -0.15) is 13.2 Å². The van der Waals surface area contributed by atoms with Crippen molar-refractivity contribution in [3.63, 3.8) is 0 Å². The van der Waals surface area contributed by atoms with Gasteiger partial charge in [0.1, 0.15) is 11.0 Å². The van der Waals surface area contributed by atoms with Gasteiger partial charge in [-0.25, -0.2) is 4.98 Å². The number of halogens is 3. The number of carboxylic acid groups (broad SMARTS) is 1. The Morgan fingerprint density at radius 2 is 2.04 bits per heavy atom. The Hall–Kier alpha value is -1.93. The zero-order chi connectivity index (χ0) is 17.3. The maximum Gasteiger partial charge on any atom is 0.416 e. The van der Waals surface area contributed by atoms with Crippen molar-refractivity contribution in [2.45, 2.75) is 31.6 Å². The molecule has 1 atom stereocenters. The van der Waals surface area contributed by atoms with Crippen molar-refractivity contribution < 1.29 is 23.1 Å². The molecule has 8 heteroatoms. The van der Waals surface area contributed by atoms with E-state index in [1.54, 1.807) is 0 Å². The van der Waals surface area contributed by atoms with Crippen LogP contribution in [0.15, 0.2) is 29.6 Å². The van der Waals surface area contributed by atoms with Crippen LogP contribution in [0, 0.1) is 0 Å². The van der Waals surface area contributed by atoms with Crippen LogP contribution in [0.4, 0.5) is 13.2 Å². The quantitative estimate of drug-likeness (QED) is 0.903. The van der Waals surface area contributed by atoms with Gasteiger partial charge in [0.05, 0.1) is 11.3 Å². The topological polar surface area (TPSA) is 53.4 Å². The number of aromatic nitrogens is 1. The number of carboxylic acids is 1. The number of alkyl halides is 3.